The minimum Gasteiger partial charge on any atom is -0.493 e. The highest BCUT2D eigenvalue weighted by Crippen LogP contribution is 2.43. The van der Waals surface area contributed by atoms with E-state index >= 15 is 0 Å². The van der Waals surface area contributed by atoms with Crippen LogP contribution in [0.4, 0.5) is 5.69 Å². The molecule has 1 aliphatic rings. The van der Waals surface area contributed by atoms with Crippen molar-refractivity contribution < 1.29 is 9.53 Å². The molecule has 1 fully saturated rings. The lowest BCUT2D eigenvalue weighted by Gasteiger charge is -2.34. The van der Waals surface area contributed by atoms with E-state index in [2.05, 4.69) is 106 Å². The highest BCUT2D eigenvalue weighted by Gasteiger charge is 2.29. The van der Waals surface area contributed by atoms with Gasteiger partial charge in [-0.3, -0.25) is 4.79 Å². The highest BCUT2D eigenvalue weighted by atomic mass is 16.5. The van der Waals surface area contributed by atoms with Crippen LogP contribution >= 0.6 is 0 Å². The zero-order valence-electron chi connectivity index (χ0n) is 26.6. The van der Waals surface area contributed by atoms with Crippen LogP contribution < -0.4 is 15.0 Å². The van der Waals surface area contributed by atoms with Crippen LogP contribution in [0.1, 0.15) is 85.3 Å². The molecule has 2 aromatic carbocycles. The smallest absolute Gasteiger partial charge is 0.220 e. The van der Waals surface area contributed by atoms with Gasteiger partial charge in [-0.05, 0) is 61.1 Å². The van der Waals surface area contributed by atoms with E-state index in [-0.39, 0.29) is 16.7 Å². The fourth-order valence-corrected chi connectivity index (χ4v) is 5.33. The predicted molar refractivity (Wildman–Crippen MR) is 171 cm³/mol. The maximum Gasteiger partial charge on any atom is 0.220 e. The van der Waals surface area contributed by atoms with Crippen LogP contribution in [0.5, 0.6) is 5.75 Å². The predicted octanol–water partition coefficient (Wildman–Crippen LogP) is 6.65. The third-order valence-corrected chi connectivity index (χ3v) is 7.96. The first kappa shape index (κ1) is 30.9. The van der Waals surface area contributed by atoms with Crippen molar-refractivity contribution in [2.45, 2.75) is 85.0 Å². The zero-order valence-corrected chi connectivity index (χ0v) is 26.6. The Kier molecular flexibility index (Phi) is 9.68. The van der Waals surface area contributed by atoms with Crippen LogP contribution in [0, 0.1) is 0 Å². The number of carbonyl (C=O) groups excluding carboxylic acids is 1. The number of fused-ring (bicyclic) bond motifs is 1. The van der Waals surface area contributed by atoms with Crippen molar-refractivity contribution in [2.75, 3.05) is 51.3 Å². The van der Waals surface area contributed by atoms with E-state index < -0.39 is 0 Å². The Hall–Kier alpha value is -3.06. The van der Waals surface area contributed by atoms with Crippen LogP contribution in [0.2, 0.25) is 0 Å². The van der Waals surface area contributed by atoms with Gasteiger partial charge in [0.1, 0.15) is 11.6 Å². The molecule has 3 aromatic rings. The fraction of sp³-hybridized carbons (Fsp3) is 0.588. The Bertz CT molecular complexity index is 1290. The monoisotopic (exact) mass is 561 g/mol. The Balaban J connectivity index is 1.62. The van der Waals surface area contributed by atoms with Crippen LogP contribution in [0.3, 0.4) is 0 Å². The summed E-state index contributed by atoms with van der Waals surface area (Å²) in [4.78, 5) is 25.7. The van der Waals surface area contributed by atoms with Crippen molar-refractivity contribution in [1.82, 2.24) is 20.2 Å². The molecule has 0 radical (unpaired) electrons. The second kappa shape index (κ2) is 12.8. The largest absolute Gasteiger partial charge is 0.493 e. The molecule has 4 rings (SSSR count). The number of piperazine rings is 1. The summed E-state index contributed by atoms with van der Waals surface area (Å²) in [7, 11) is 2.18. The summed E-state index contributed by atoms with van der Waals surface area (Å²) in [6, 6.07) is 11.0. The Morgan fingerprint density at radius 2 is 1.63 bits per heavy atom. The number of H-pyrrole nitrogens is 1. The van der Waals surface area contributed by atoms with Gasteiger partial charge in [-0.25, -0.2) is 4.98 Å². The number of aromatic nitrogens is 2. The second-order valence-corrected chi connectivity index (χ2v) is 13.6. The fourth-order valence-electron chi connectivity index (χ4n) is 5.33. The Morgan fingerprint density at radius 3 is 2.24 bits per heavy atom. The molecule has 0 bridgehead atoms. The van der Waals surface area contributed by atoms with Gasteiger partial charge in [0, 0.05) is 61.5 Å². The minimum absolute atomic E-state index is 0.102. The molecule has 7 nitrogen and oxygen atoms in total. The van der Waals surface area contributed by atoms with Crippen molar-refractivity contribution >= 4 is 22.6 Å². The average molecular weight is 562 g/mol. The Labute approximate surface area is 247 Å². The lowest BCUT2D eigenvalue weighted by Crippen LogP contribution is -2.44. The van der Waals surface area contributed by atoms with Gasteiger partial charge in [0.2, 0.25) is 5.91 Å². The summed E-state index contributed by atoms with van der Waals surface area (Å²) in [5.41, 5.74) is 6.40. The molecule has 1 amide bonds. The number of hydrogen-bond donors (Lipinski definition) is 2. The van der Waals surface area contributed by atoms with Gasteiger partial charge in [0.25, 0.3) is 0 Å². The van der Waals surface area contributed by atoms with Crippen molar-refractivity contribution in [2.24, 2.45) is 0 Å². The third-order valence-electron chi connectivity index (χ3n) is 7.96. The molecule has 2 heterocycles. The standard InChI is InChI=1S/C34H51N5O2/c1-9-10-15-35-30(40)12-11-20-41-31-26(33(2,3)4)21-24(22-27(31)34(5,6)7)32-36-28-14-13-25(23-29(28)37-32)39-18-16-38(8)17-19-39/h13-14,21-23H,9-12,15-20H2,1-8H3,(H,35,40)(H,36,37). The number of rotatable bonds is 10. The average Bonchev–Trinajstić information content (AvgIpc) is 3.34. The van der Waals surface area contributed by atoms with Gasteiger partial charge in [-0.2, -0.15) is 0 Å². The quantitative estimate of drug-likeness (QED) is 0.271. The summed E-state index contributed by atoms with van der Waals surface area (Å²) >= 11 is 0. The number of nitrogens with one attached hydrogen (secondary N) is 2. The van der Waals surface area contributed by atoms with Crippen molar-refractivity contribution in [1.29, 1.82) is 0 Å². The topological polar surface area (TPSA) is 73.5 Å². The van der Waals surface area contributed by atoms with E-state index in [0.29, 0.717) is 19.4 Å². The molecule has 224 valence electrons. The number of likely N-dealkylation sites (N-methyl/N-ethyl adjacent to an activating group) is 1. The van der Waals surface area contributed by atoms with Crippen LogP contribution in [-0.4, -0.2) is 67.2 Å². The Morgan fingerprint density at radius 1 is 0.976 bits per heavy atom. The van der Waals surface area contributed by atoms with Crippen molar-refractivity contribution in [3.05, 3.63) is 41.5 Å². The highest BCUT2D eigenvalue weighted by molar-refractivity contribution is 5.83. The first-order valence-corrected chi connectivity index (χ1v) is 15.4. The summed E-state index contributed by atoms with van der Waals surface area (Å²) in [6.45, 7) is 21.0. The molecule has 1 saturated heterocycles. The van der Waals surface area contributed by atoms with Gasteiger partial charge < -0.3 is 24.8 Å². The van der Waals surface area contributed by atoms with E-state index in [1.807, 2.05) is 0 Å². The number of nitrogens with zero attached hydrogens (tertiary/aromatic N) is 3. The molecule has 0 aliphatic carbocycles. The first-order valence-electron chi connectivity index (χ1n) is 15.4. The van der Waals surface area contributed by atoms with E-state index in [1.165, 1.54) is 5.69 Å². The number of benzene rings is 2. The van der Waals surface area contributed by atoms with Crippen molar-refractivity contribution in [3.63, 3.8) is 0 Å². The summed E-state index contributed by atoms with van der Waals surface area (Å²) < 4.78 is 6.52. The lowest BCUT2D eigenvalue weighted by molar-refractivity contribution is -0.121. The first-order chi connectivity index (χ1) is 19.4. The molecule has 0 spiro atoms. The number of unbranched alkanes of at least 4 members (excludes halogenated alkanes) is 1. The summed E-state index contributed by atoms with van der Waals surface area (Å²) in [6.07, 6.45) is 3.26. The third kappa shape index (κ3) is 7.82. The normalized spacial score (nSPS) is 15.0. The maximum absolute atomic E-state index is 12.2. The van der Waals surface area contributed by atoms with Gasteiger partial charge >= 0.3 is 0 Å². The summed E-state index contributed by atoms with van der Waals surface area (Å²) in [5, 5.41) is 3.00. The van der Waals surface area contributed by atoms with E-state index in [0.717, 1.165) is 84.9 Å². The molecule has 1 aromatic heterocycles. The number of aromatic amines is 1. The second-order valence-electron chi connectivity index (χ2n) is 13.6. The molecule has 0 atom stereocenters. The van der Waals surface area contributed by atoms with Gasteiger partial charge in [0.05, 0.1) is 17.6 Å². The van der Waals surface area contributed by atoms with E-state index in [4.69, 9.17) is 9.72 Å². The van der Waals surface area contributed by atoms with Crippen LogP contribution in [0.25, 0.3) is 22.4 Å². The maximum atomic E-state index is 12.2. The molecule has 0 saturated carbocycles. The minimum atomic E-state index is -0.135. The lowest BCUT2D eigenvalue weighted by atomic mass is 9.78. The number of ether oxygens (including phenoxy) is 1. The van der Waals surface area contributed by atoms with Gasteiger partial charge in [-0.1, -0.05) is 54.9 Å². The van der Waals surface area contributed by atoms with Crippen LogP contribution in [0.15, 0.2) is 30.3 Å². The molecule has 0 unspecified atom stereocenters. The van der Waals surface area contributed by atoms with Crippen molar-refractivity contribution in [3.8, 4) is 17.1 Å². The van der Waals surface area contributed by atoms with Crippen LogP contribution in [-0.2, 0) is 15.6 Å². The SMILES string of the molecule is CCCCNC(=O)CCCOc1c(C(C)(C)C)cc(-c2nc3ccc(N4CCN(C)CC4)cc3[nH]2)cc1C(C)(C)C. The van der Waals surface area contributed by atoms with E-state index in [9.17, 15) is 4.79 Å². The van der Waals surface area contributed by atoms with Gasteiger partial charge in [-0.15, -0.1) is 0 Å². The number of carbonyl (C=O) groups is 1. The number of imidazole rings is 1. The number of anilines is 1. The zero-order chi connectivity index (χ0) is 29.8. The molecule has 2 N–H and O–H groups in total. The van der Waals surface area contributed by atoms with E-state index in [1.54, 1.807) is 0 Å². The number of amides is 1. The summed E-state index contributed by atoms with van der Waals surface area (Å²) in [5.74, 6) is 1.92. The molecule has 7 heteroatoms. The molecule has 41 heavy (non-hydrogen) atoms. The molecular formula is C34H51N5O2. The molecule has 1 aliphatic heterocycles. The number of hydrogen-bond acceptors (Lipinski definition) is 5. The molecular weight excluding hydrogens is 510 g/mol. The van der Waals surface area contributed by atoms with Gasteiger partial charge in [0.15, 0.2) is 0 Å².